The van der Waals surface area contributed by atoms with Gasteiger partial charge in [-0.1, -0.05) is 0 Å². The maximum Gasteiger partial charge on any atom is 0.200 e. The van der Waals surface area contributed by atoms with Crippen LogP contribution in [0.3, 0.4) is 0 Å². The van der Waals surface area contributed by atoms with Crippen molar-refractivity contribution in [3.63, 3.8) is 0 Å². The lowest BCUT2D eigenvalue weighted by Gasteiger charge is -2.15. The molecule has 13 heteroatoms. The fourth-order valence-corrected chi connectivity index (χ4v) is 2.70. The van der Waals surface area contributed by atoms with Crippen LogP contribution >= 0.6 is 0 Å². The first-order chi connectivity index (χ1) is 14.3. The van der Waals surface area contributed by atoms with Crippen LogP contribution in [0.5, 0.6) is 0 Å². The van der Waals surface area contributed by atoms with Crippen LogP contribution in [0.1, 0.15) is 0 Å². The Balaban J connectivity index is 2.52. The molecule has 0 unspecified atom stereocenters. The second-order valence-electron chi connectivity index (χ2n) is 5.79. The van der Waals surface area contributed by atoms with Gasteiger partial charge in [-0.25, -0.2) is 57.1 Å². The Labute approximate surface area is 162 Å². The lowest BCUT2D eigenvalue weighted by molar-refractivity contribution is 0.379. The molecule has 0 spiro atoms. The van der Waals surface area contributed by atoms with Crippen LogP contribution in [0.25, 0.3) is 22.3 Å². The summed E-state index contributed by atoms with van der Waals surface area (Å²) in [4.78, 5) is 0. The molecule has 3 aromatic rings. The molecule has 3 aromatic carbocycles. The summed E-state index contributed by atoms with van der Waals surface area (Å²) in [7, 11) is 0. The fourth-order valence-electron chi connectivity index (χ4n) is 2.70. The van der Waals surface area contributed by atoms with E-state index in [0.717, 1.165) is 0 Å². The van der Waals surface area contributed by atoms with Gasteiger partial charge >= 0.3 is 0 Å². The normalized spacial score (nSPS) is 11.4. The van der Waals surface area contributed by atoms with Gasteiger partial charge in [-0.2, -0.15) is 0 Å². The van der Waals surface area contributed by atoms with Crippen molar-refractivity contribution in [2.45, 2.75) is 0 Å². The van der Waals surface area contributed by atoms with Crippen LogP contribution in [0.4, 0.5) is 57.1 Å². The summed E-state index contributed by atoms with van der Waals surface area (Å²) in [6, 6.07) is -0.510. The van der Waals surface area contributed by atoms with E-state index in [1.807, 2.05) is 0 Å². The first-order valence-corrected chi connectivity index (χ1v) is 7.53. The van der Waals surface area contributed by atoms with Crippen LogP contribution in [0.15, 0.2) is 6.07 Å². The highest BCUT2D eigenvalue weighted by Crippen LogP contribution is 2.41. The van der Waals surface area contributed by atoms with Crippen LogP contribution in [-0.4, -0.2) is 0 Å². The van der Waals surface area contributed by atoms with E-state index < -0.39 is 104 Å². The topological polar surface area (TPSA) is 0 Å². The zero-order chi connectivity index (χ0) is 23.5. The summed E-state index contributed by atoms with van der Waals surface area (Å²) in [5.74, 6) is -34.8. The maximum atomic E-state index is 14.8. The highest BCUT2D eigenvalue weighted by Gasteiger charge is 2.35. The summed E-state index contributed by atoms with van der Waals surface area (Å²) in [5, 5.41) is 0. The van der Waals surface area contributed by atoms with Crippen molar-refractivity contribution in [3.8, 4) is 22.3 Å². The molecule has 0 aromatic heterocycles. The SMILES string of the molecule is Fc1cc(F)c(-c2c(F)c(F)c(F)c(F)c2F)c(F)c1-c1c(F)c(F)c(F)c(F)c1F. The largest absolute Gasteiger partial charge is 0.206 e. The molecule has 0 atom stereocenters. The van der Waals surface area contributed by atoms with Crippen molar-refractivity contribution in [2.75, 3.05) is 0 Å². The quantitative estimate of drug-likeness (QED) is 0.222. The maximum absolute atomic E-state index is 14.8. The zero-order valence-electron chi connectivity index (χ0n) is 14.0. The van der Waals surface area contributed by atoms with Gasteiger partial charge in [0.25, 0.3) is 0 Å². The molecular formula is C18HF13. The first kappa shape index (κ1) is 22.4. The van der Waals surface area contributed by atoms with E-state index in [0.29, 0.717) is 0 Å². The van der Waals surface area contributed by atoms with E-state index in [1.165, 1.54) is 0 Å². The average Bonchev–Trinajstić information content (AvgIpc) is 2.72. The lowest BCUT2D eigenvalue weighted by atomic mass is 9.94. The molecule has 164 valence electrons. The van der Waals surface area contributed by atoms with E-state index in [1.54, 1.807) is 0 Å². The fraction of sp³-hybridized carbons (Fsp3) is 0. The number of benzene rings is 3. The Morgan fingerprint density at radius 1 is 0.258 bits per heavy atom. The molecule has 0 fully saturated rings. The Kier molecular flexibility index (Phi) is 5.40. The summed E-state index contributed by atoms with van der Waals surface area (Å²) in [6.45, 7) is 0. The molecule has 0 aliphatic heterocycles. The standard InChI is InChI=1S/C18HF13/c19-2-1-3(20)5(7-11(24)15(28)18(31)16(29)12(7)25)8(21)4(2)6-9(22)13(26)17(30)14(27)10(6)23/h1H. The second kappa shape index (κ2) is 7.46. The molecule has 0 N–H and O–H groups in total. The molecule has 0 aliphatic rings. The van der Waals surface area contributed by atoms with E-state index in [9.17, 15) is 57.1 Å². The van der Waals surface area contributed by atoms with Crippen molar-refractivity contribution in [1.82, 2.24) is 0 Å². The van der Waals surface area contributed by atoms with Gasteiger partial charge in [0.2, 0.25) is 11.6 Å². The third-order valence-electron chi connectivity index (χ3n) is 4.09. The van der Waals surface area contributed by atoms with E-state index in [-0.39, 0.29) is 0 Å². The number of hydrogen-bond donors (Lipinski definition) is 0. The Bertz CT molecular complexity index is 1110. The average molecular weight is 464 g/mol. The van der Waals surface area contributed by atoms with Crippen LogP contribution in [0, 0.1) is 75.6 Å². The molecule has 0 aliphatic carbocycles. The van der Waals surface area contributed by atoms with Gasteiger partial charge in [-0.15, -0.1) is 0 Å². The summed E-state index contributed by atoms with van der Waals surface area (Å²) in [6.07, 6.45) is 0. The monoisotopic (exact) mass is 464 g/mol. The molecule has 0 heterocycles. The minimum atomic E-state index is -2.77. The van der Waals surface area contributed by atoms with Gasteiger partial charge in [0.05, 0.1) is 22.3 Å². The van der Waals surface area contributed by atoms with Crippen LogP contribution in [-0.2, 0) is 0 Å². The molecule has 0 amide bonds. The molecule has 0 saturated heterocycles. The number of halogens is 13. The van der Waals surface area contributed by atoms with Gasteiger partial charge in [-0.05, 0) is 0 Å². The Morgan fingerprint density at radius 2 is 0.484 bits per heavy atom. The minimum Gasteiger partial charge on any atom is -0.206 e. The van der Waals surface area contributed by atoms with E-state index >= 15 is 0 Å². The molecule has 0 saturated carbocycles. The van der Waals surface area contributed by atoms with Gasteiger partial charge in [0, 0.05) is 6.07 Å². The Morgan fingerprint density at radius 3 is 0.742 bits per heavy atom. The molecular weight excluding hydrogens is 463 g/mol. The predicted molar refractivity (Wildman–Crippen MR) is 76.8 cm³/mol. The van der Waals surface area contributed by atoms with Gasteiger partial charge in [0.1, 0.15) is 17.5 Å². The summed E-state index contributed by atoms with van der Waals surface area (Å²) < 4.78 is 179. The molecule has 0 radical (unpaired) electrons. The molecule has 31 heavy (non-hydrogen) atoms. The van der Waals surface area contributed by atoms with Gasteiger partial charge in [-0.3, -0.25) is 0 Å². The highest BCUT2D eigenvalue weighted by molar-refractivity contribution is 5.76. The Hall–Kier alpha value is -3.25. The van der Waals surface area contributed by atoms with Crippen molar-refractivity contribution >= 4 is 0 Å². The van der Waals surface area contributed by atoms with E-state index in [4.69, 9.17) is 0 Å². The van der Waals surface area contributed by atoms with Crippen molar-refractivity contribution in [1.29, 1.82) is 0 Å². The van der Waals surface area contributed by atoms with Crippen molar-refractivity contribution < 1.29 is 57.1 Å². The first-order valence-electron chi connectivity index (χ1n) is 7.53. The summed E-state index contributed by atoms with van der Waals surface area (Å²) >= 11 is 0. The number of rotatable bonds is 2. The summed E-state index contributed by atoms with van der Waals surface area (Å²) in [5.41, 5.74) is -9.05. The van der Waals surface area contributed by atoms with E-state index in [2.05, 4.69) is 0 Å². The molecule has 0 bridgehead atoms. The molecule has 3 rings (SSSR count). The van der Waals surface area contributed by atoms with Gasteiger partial charge < -0.3 is 0 Å². The van der Waals surface area contributed by atoms with Crippen molar-refractivity contribution in [3.05, 3.63) is 81.7 Å². The predicted octanol–water partition coefficient (Wildman–Crippen LogP) is 6.83. The van der Waals surface area contributed by atoms with Crippen molar-refractivity contribution in [2.24, 2.45) is 0 Å². The van der Waals surface area contributed by atoms with Gasteiger partial charge in [0.15, 0.2) is 46.5 Å². The van der Waals surface area contributed by atoms with Crippen LogP contribution in [0.2, 0.25) is 0 Å². The zero-order valence-corrected chi connectivity index (χ0v) is 14.0. The third-order valence-corrected chi connectivity index (χ3v) is 4.09. The lowest BCUT2D eigenvalue weighted by Crippen LogP contribution is -2.10. The highest BCUT2D eigenvalue weighted by atomic mass is 19.2. The second-order valence-corrected chi connectivity index (χ2v) is 5.79. The minimum absolute atomic E-state index is 0.510. The molecule has 0 nitrogen and oxygen atoms in total. The smallest absolute Gasteiger partial charge is 0.200 e. The van der Waals surface area contributed by atoms with Crippen LogP contribution < -0.4 is 0 Å². The number of hydrogen-bond acceptors (Lipinski definition) is 0. The third kappa shape index (κ3) is 3.10.